The van der Waals surface area contributed by atoms with Crippen molar-refractivity contribution in [1.29, 1.82) is 0 Å². The number of para-hydroxylation sites is 1. The van der Waals surface area contributed by atoms with Gasteiger partial charge in [0.25, 0.3) is 0 Å². The minimum Gasteiger partial charge on any atom is -0.495 e. The Kier molecular flexibility index (Phi) is 11.2. The van der Waals surface area contributed by atoms with Crippen LogP contribution in [-0.2, 0) is 32.6 Å². The maximum absolute atomic E-state index is 13.1. The van der Waals surface area contributed by atoms with Crippen molar-refractivity contribution in [2.24, 2.45) is 5.92 Å². The molecule has 0 bridgehead atoms. The van der Waals surface area contributed by atoms with E-state index in [4.69, 9.17) is 4.74 Å². The summed E-state index contributed by atoms with van der Waals surface area (Å²) >= 11 is 0. The molecule has 0 aliphatic rings. The van der Waals surface area contributed by atoms with E-state index in [1.54, 1.807) is 24.3 Å². The van der Waals surface area contributed by atoms with Crippen LogP contribution in [0, 0.1) is 12.8 Å². The summed E-state index contributed by atoms with van der Waals surface area (Å²) in [5.74, 6) is -0.878. The SMILES string of the molecule is COc1cc(CC(=O)NC(CC(C)C)c2ncn(CC(NS(C)(=O)=O)C(=O)O)n2)ccc1NC(=O)Nc1ccccc1C. The quantitative estimate of drug-likeness (QED) is 0.181. The van der Waals surface area contributed by atoms with E-state index in [1.165, 1.54) is 18.1 Å². The molecule has 0 radical (unpaired) electrons. The van der Waals surface area contributed by atoms with Crippen LogP contribution in [0.2, 0.25) is 0 Å². The molecule has 0 fully saturated rings. The van der Waals surface area contributed by atoms with E-state index >= 15 is 0 Å². The molecule has 1 aromatic heterocycles. The first kappa shape index (κ1) is 33.0. The number of rotatable bonds is 14. The van der Waals surface area contributed by atoms with Crippen molar-refractivity contribution in [2.45, 2.75) is 52.2 Å². The number of hydrogen-bond acceptors (Lipinski definition) is 8. The second-order valence-corrected chi connectivity index (χ2v) is 12.2. The molecule has 14 nitrogen and oxygen atoms in total. The molecule has 2 atom stereocenters. The smallest absolute Gasteiger partial charge is 0.323 e. The Hall–Kier alpha value is -4.50. The molecule has 2 aromatic carbocycles. The third-order valence-electron chi connectivity index (χ3n) is 6.20. The number of sulfonamides is 1. The van der Waals surface area contributed by atoms with Gasteiger partial charge in [-0.3, -0.25) is 14.3 Å². The number of carbonyl (C=O) groups is 3. The van der Waals surface area contributed by atoms with E-state index in [1.807, 2.05) is 43.7 Å². The van der Waals surface area contributed by atoms with E-state index < -0.39 is 34.1 Å². The molecular weight excluding hydrogens is 578 g/mol. The number of methoxy groups -OCH3 is 1. The van der Waals surface area contributed by atoms with Crippen molar-refractivity contribution < 1.29 is 32.6 Å². The number of hydrogen-bond donors (Lipinski definition) is 5. The molecule has 0 aliphatic carbocycles. The molecule has 5 N–H and O–H groups in total. The van der Waals surface area contributed by atoms with Crippen LogP contribution in [0.1, 0.15) is 43.3 Å². The molecule has 3 rings (SSSR count). The van der Waals surface area contributed by atoms with E-state index in [2.05, 4.69) is 26.0 Å². The number of aryl methyl sites for hydroxylation is 1. The predicted octanol–water partition coefficient (Wildman–Crippen LogP) is 2.69. The van der Waals surface area contributed by atoms with Gasteiger partial charge >= 0.3 is 12.0 Å². The lowest BCUT2D eigenvalue weighted by molar-refractivity contribution is -0.139. The van der Waals surface area contributed by atoms with Gasteiger partial charge in [0.15, 0.2) is 5.82 Å². The van der Waals surface area contributed by atoms with Gasteiger partial charge in [-0.1, -0.05) is 38.1 Å². The summed E-state index contributed by atoms with van der Waals surface area (Å²) in [5.41, 5.74) is 2.65. The minimum absolute atomic E-state index is 0.000712. The van der Waals surface area contributed by atoms with Gasteiger partial charge in [0.2, 0.25) is 15.9 Å². The van der Waals surface area contributed by atoms with Crippen molar-refractivity contribution in [3.63, 3.8) is 0 Å². The molecule has 232 valence electrons. The molecule has 3 amide bonds. The Balaban J connectivity index is 1.68. The van der Waals surface area contributed by atoms with Gasteiger partial charge in [0.1, 0.15) is 18.1 Å². The molecule has 43 heavy (non-hydrogen) atoms. The maximum atomic E-state index is 13.1. The van der Waals surface area contributed by atoms with Crippen molar-refractivity contribution in [3.05, 3.63) is 65.7 Å². The summed E-state index contributed by atoms with van der Waals surface area (Å²) in [6, 6.07) is 9.94. The largest absolute Gasteiger partial charge is 0.495 e. The molecule has 0 spiro atoms. The number of amides is 3. The zero-order chi connectivity index (χ0) is 31.7. The van der Waals surface area contributed by atoms with Crippen molar-refractivity contribution in [2.75, 3.05) is 24.0 Å². The van der Waals surface area contributed by atoms with Crippen LogP contribution in [0.15, 0.2) is 48.8 Å². The number of nitrogens with zero attached hydrogens (tertiary/aromatic N) is 3. The summed E-state index contributed by atoms with van der Waals surface area (Å²) in [7, 11) is -2.31. The lowest BCUT2D eigenvalue weighted by Crippen LogP contribution is -2.43. The molecule has 3 aromatic rings. The highest BCUT2D eigenvalue weighted by Gasteiger charge is 2.25. The van der Waals surface area contributed by atoms with Gasteiger partial charge in [0, 0.05) is 5.69 Å². The number of carboxylic acids is 1. The van der Waals surface area contributed by atoms with Gasteiger partial charge in [0.05, 0.1) is 38.1 Å². The highest BCUT2D eigenvalue weighted by Crippen LogP contribution is 2.27. The summed E-state index contributed by atoms with van der Waals surface area (Å²) in [5, 5.41) is 22.2. The highest BCUT2D eigenvalue weighted by atomic mass is 32.2. The first-order valence-corrected chi connectivity index (χ1v) is 15.3. The molecule has 0 aliphatic heterocycles. The number of anilines is 2. The van der Waals surface area contributed by atoms with E-state index in [9.17, 15) is 27.9 Å². The number of aliphatic carboxylic acids is 1. The van der Waals surface area contributed by atoms with Crippen LogP contribution >= 0.6 is 0 Å². The van der Waals surface area contributed by atoms with Gasteiger partial charge < -0.3 is 25.8 Å². The fourth-order valence-corrected chi connectivity index (χ4v) is 4.93. The first-order chi connectivity index (χ1) is 20.2. The molecular formula is C28H37N7O7S. The molecule has 2 unspecified atom stereocenters. The zero-order valence-electron chi connectivity index (χ0n) is 24.6. The zero-order valence-corrected chi connectivity index (χ0v) is 25.4. The lowest BCUT2D eigenvalue weighted by atomic mass is 10.0. The van der Waals surface area contributed by atoms with E-state index in [-0.39, 0.29) is 30.6 Å². The lowest BCUT2D eigenvalue weighted by Gasteiger charge is -2.18. The first-order valence-electron chi connectivity index (χ1n) is 13.4. The van der Waals surface area contributed by atoms with Crippen LogP contribution in [0.4, 0.5) is 16.2 Å². The minimum atomic E-state index is -3.77. The van der Waals surface area contributed by atoms with Crippen LogP contribution in [0.5, 0.6) is 5.75 Å². The summed E-state index contributed by atoms with van der Waals surface area (Å²) in [4.78, 5) is 41.4. The maximum Gasteiger partial charge on any atom is 0.323 e. The normalized spacial score (nSPS) is 12.8. The number of urea groups is 1. The van der Waals surface area contributed by atoms with Gasteiger partial charge in [-0.05, 0) is 48.6 Å². The van der Waals surface area contributed by atoms with Crippen molar-refractivity contribution >= 4 is 39.3 Å². The van der Waals surface area contributed by atoms with E-state index in [0.29, 0.717) is 29.1 Å². The van der Waals surface area contributed by atoms with Crippen LogP contribution < -0.4 is 25.4 Å². The monoisotopic (exact) mass is 615 g/mol. The van der Waals surface area contributed by atoms with Crippen LogP contribution in [0.3, 0.4) is 0 Å². The fourth-order valence-electron chi connectivity index (χ4n) is 4.24. The average Bonchev–Trinajstić information content (AvgIpc) is 3.37. The number of carbonyl (C=O) groups excluding carboxylic acids is 2. The molecule has 1 heterocycles. The van der Waals surface area contributed by atoms with Gasteiger partial charge in [-0.25, -0.2) is 18.2 Å². The number of aromatic nitrogens is 3. The third kappa shape index (κ3) is 10.4. The highest BCUT2D eigenvalue weighted by molar-refractivity contribution is 7.88. The van der Waals surface area contributed by atoms with Gasteiger partial charge in [-0.15, -0.1) is 0 Å². The molecule has 15 heteroatoms. The number of ether oxygens (including phenoxy) is 1. The molecule has 0 saturated heterocycles. The Morgan fingerprint density at radius 2 is 1.77 bits per heavy atom. The van der Waals surface area contributed by atoms with Crippen LogP contribution in [-0.4, -0.2) is 65.6 Å². The summed E-state index contributed by atoms with van der Waals surface area (Å²) < 4.78 is 31.8. The summed E-state index contributed by atoms with van der Waals surface area (Å²) in [6.45, 7) is 5.54. The summed E-state index contributed by atoms with van der Waals surface area (Å²) in [6.07, 6.45) is 2.66. The topological polar surface area (TPSA) is 194 Å². The fraction of sp³-hybridized carbons (Fsp3) is 0.393. The number of benzene rings is 2. The Morgan fingerprint density at radius 1 is 1.07 bits per heavy atom. The molecule has 0 saturated carbocycles. The Bertz CT molecular complexity index is 1560. The van der Waals surface area contributed by atoms with Crippen molar-refractivity contribution in [1.82, 2.24) is 24.8 Å². The predicted molar refractivity (Wildman–Crippen MR) is 160 cm³/mol. The second kappa shape index (κ2) is 14.6. The van der Waals surface area contributed by atoms with Gasteiger partial charge in [-0.2, -0.15) is 9.82 Å². The standard InChI is InChI=1S/C28H37N7O7S/c1-17(2)12-22(26-29-16-35(33-26)15-23(27(37)38)34-43(5,40)41)30-25(36)14-19-10-11-21(24(13-19)42-4)32-28(39)31-20-9-7-6-8-18(20)3/h6-11,13,16-17,22-23,34H,12,14-15H2,1-5H3,(H,30,36)(H,37,38)(H2,31,32,39). The van der Waals surface area contributed by atoms with Crippen molar-refractivity contribution in [3.8, 4) is 5.75 Å². The average molecular weight is 616 g/mol. The van der Waals surface area contributed by atoms with E-state index in [0.717, 1.165) is 11.8 Å². The van der Waals surface area contributed by atoms with Crippen LogP contribution in [0.25, 0.3) is 0 Å². The number of carboxylic acid groups (broad SMARTS) is 1. The third-order valence-corrected chi connectivity index (χ3v) is 6.92. The Labute approximate surface area is 250 Å². The Morgan fingerprint density at radius 3 is 2.40 bits per heavy atom. The second-order valence-electron chi connectivity index (χ2n) is 10.5. The number of nitrogens with one attached hydrogen (secondary N) is 4.